The lowest BCUT2D eigenvalue weighted by Crippen LogP contribution is -2.59. The highest BCUT2D eigenvalue weighted by atomic mass is 35.5. The Bertz CT molecular complexity index is 318. The second kappa shape index (κ2) is 3.82. The van der Waals surface area contributed by atoms with E-state index in [1.54, 1.807) is 17.8 Å². The van der Waals surface area contributed by atoms with Gasteiger partial charge in [0.05, 0.1) is 11.3 Å². The molecule has 1 saturated heterocycles. The number of rotatable bonds is 1. The van der Waals surface area contributed by atoms with Gasteiger partial charge in [-0.25, -0.2) is 4.79 Å². The van der Waals surface area contributed by atoms with E-state index >= 15 is 0 Å². The minimum atomic E-state index is -1.01. The number of aliphatic carboxylic acids is 1. The molecule has 6 heteroatoms. The number of fused-ring (bicyclic) bond motifs is 1. The molecule has 0 aromatic rings. The lowest BCUT2D eigenvalue weighted by molar-refractivity contribution is -0.151. The number of halogens is 1. The first-order valence-corrected chi connectivity index (χ1v) is 5.06. The monoisotopic (exact) mass is 235 g/mol. The molecule has 1 amide bonds. The van der Waals surface area contributed by atoms with Crippen LogP contribution in [-0.4, -0.2) is 33.0 Å². The standard InChI is InChI=1S/C8H9NO3S.ClH/c1-4-6(10)9-5(8(11)12)2-3-13-7(4)9;/h2,4,7H,3H2,1H3,(H,11,12);1H/t4?,7-;/m0./s1. The van der Waals surface area contributed by atoms with Gasteiger partial charge in [0, 0.05) is 5.75 Å². The molecule has 4 nitrogen and oxygen atoms in total. The van der Waals surface area contributed by atoms with Crippen LogP contribution in [0.1, 0.15) is 6.92 Å². The minimum Gasteiger partial charge on any atom is -0.477 e. The molecule has 2 aliphatic rings. The van der Waals surface area contributed by atoms with E-state index < -0.39 is 5.97 Å². The first-order valence-electron chi connectivity index (χ1n) is 4.01. The normalized spacial score (nSPS) is 29.6. The third kappa shape index (κ3) is 1.40. The Labute approximate surface area is 91.7 Å². The average molecular weight is 236 g/mol. The first kappa shape index (κ1) is 11.4. The Balaban J connectivity index is 0.000000980. The summed E-state index contributed by atoms with van der Waals surface area (Å²) >= 11 is 1.61. The van der Waals surface area contributed by atoms with Crippen molar-refractivity contribution in [1.29, 1.82) is 0 Å². The molecular weight excluding hydrogens is 226 g/mol. The molecule has 0 aromatic carbocycles. The fourth-order valence-corrected chi connectivity index (χ4v) is 2.82. The Morgan fingerprint density at radius 3 is 2.93 bits per heavy atom. The molecule has 0 aromatic heterocycles. The number of nitrogens with zero attached hydrogens (tertiary/aromatic N) is 1. The second-order valence-electron chi connectivity index (χ2n) is 3.12. The van der Waals surface area contributed by atoms with E-state index in [9.17, 15) is 9.59 Å². The Hall–Kier alpha value is -0.680. The highest BCUT2D eigenvalue weighted by Crippen LogP contribution is 2.40. The van der Waals surface area contributed by atoms with E-state index in [2.05, 4.69) is 0 Å². The molecule has 1 unspecified atom stereocenters. The van der Waals surface area contributed by atoms with E-state index in [0.29, 0.717) is 5.75 Å². The lowest BCUT2D eigenvalue weighted by atomic mass is 9.99. The van der Waals surface area contributed by atoms with Crippen molar-refractivity contribution in [1.82, 2.24) is 4.90 Å². The van der Waals surface area contributed by atoms with Crippen LogP contribution in [0.5, 0.6) is 0 Å². The van der Waals surface area contributed by atoms with Crippen LogP contribution in [0.3, 0.4) is 0 Å². The van der Waals surface area contributed by atoms with Crippen molar-refractivity contribution in [2.75, 3.05) is 5.75 Å². The molecule has 1 fully saturated rings. The molecule has 0 aliphatic carbocycles. The number of β-lactam (4-membered cyclic amide) rings is 1. The molecule has 14 heavy (non-hydrogen) atoms. The third-order valence-electron chi connectivity index (χ3n) is 2.33. The van der Waals surface area contributed by atoms with Crippen LogP contribution in [-0.2, 0) is 9.59 Å². The smallest absolute Gasteiger partial charge is 0.352 e. The summed E-state index contributed by atoms with van der Waals surface area (Å²) in [6.07, 6.45) is 1.59. The molecule has 2 aliphatic heterocycles. The maximum atomic E-state index is 11.3. The van der Waals surface area contributed by atoms with Gasteiger partial charge in [-0.3, -0.25) is 9.69 Å². The van der Waals surface area contributed by atoms with Crippen molar-refractivity contribution in [2.24, 2.45) is 5.92 Å². The summed E-state index contributed by atoms with van der Waals surface area (Å²) in [7, 11) is 0. The fraction of sp³-hybridized carbons (Fsp3) is 0.500. The first-order chi connectivity index (χ1) is 6.13. The van der Waals surface area contributed by atoms with E-state index in [4.69, 9.17) is 5.11 Å². The van der Waals surface area contributed by atoms with E-state index in [1.165, 1.54) is 4.90 Å². The quantitative estimate of drug-likeness (QED) is 0.687. The Morgan fingerprint density at radius 1 is 1.71 bits per heavy atom. The van der Waals surface area contributed by atoms with Gasteiger partial charge in [-0.15, -0.1) is 24.2 Å². The van der Waals surface area contributed by atoms with Crippen LogP contribution in [0.15, 0.2) is 11.8 Å². The second-order valence-corrected chi connectivity index (χ2v) is 4.26. The molecule has 0 saturated carbocycles. The van der Waals surface area contributed by atoms with Gasteiger partial charge < -0.3 is 5.11 Å². The highest BCUT2D eigenvalue weighted by molar-refractivity contribution is 8.00. The van der Waals surface area contributed by atoms with Gasteiger partial charge >= 0.3 is 5.97 Å². The maximum Gasteiger partial charge on any atom is 0.352 e. The van der Waals surface area contributed by atoms with E-state index in [-0.39, 0.29) is 35.3 Å². The molecule has 0 radical (unpaired) electrons. The number of carbonyl (C=O) groups is 2. The Morgan fingerprint density at radius 2 is 2.36 bits per heavy atom. The third-order valence-corrected chi connectivity index (χ3v) is 3.65. The zero-order valence-corrected chi connectivity index (χ0v) is 9.10. The van der Waals surface area contributed by atoms with Crippen LogP contribution >= 0.6 is 24.2 Å². The number of carboxylic acids is 1. The van der Waals surface area contributed by atoms with Crippen molar-refractivity contribution in [3.05, 3.63) is 11.8 Å². The molecule has 0 spiro atoms. The molecule has 2 rings (SSSR count). The zero-order valence-electron chi connectivity index (χ0n) is 7.47. The van der Waals surface area contributed by atoms with Gasteiger partial charge in [0.1, 0.15) is 5.70 Å². The summed E-state index contributed by atoms with van der Waals surface area (Å²) in [5.74, 6) is -0.440. The Kier molecular flexibility index (Phi) is 3.11. The SMILES string of the molecule is CC1C(=O)N2C(C(=O)O)=CCS[C@@H]12.Cl. The number of carbonyl (C=O) groups excluding carboxylic acids is 1. The van der Waals surface area contributed by atoms with Gasteiger partial charge in [0.2, 0.25) is 5.91 Å². The van der Waals surface area contributed by atoms with Crippen LogP contribution in [0.4, 0.5) is 0 Å². The summed E-state index contributed by atoms with van der Waals surface area (Å²) in [5, 5.41) is 8.84. The van der Waals surface area contributed by atoms with E-state index in [1.807, 2.05) is 6.92 Å². The molecule has 1 N–H and O–H groups in total. The number of amides is 1. The number of carboxylic acid groups (broad SMARTS) is 1. The predicted octanol–water partition coefficient (Wildman–Crippen LogP) is 0.928. The maximum absolute atomic E-state index is 11.3. The number of thioether (sulfide) groups is 1. The van der Waals surface area contributed by atoms with E-state index in [0.717, 1.165) is 0 Å². The van der Waals surface area contributed by atoms with Gasteiger partial charge in [-0.1, -0.05) is 6.92 Å². The summed E-state index contributed by atoms with van der Waals surface area (Å²) in [6.45, 7) is 1.83. The van der Waals surface area contributed by atoms with Gasteiger partial charge in [0.15, 0.2) is 0 Å². The van der Waals surface area contributed by atoms with Crippen molar-refractivity contribution >= 4 is 36.0 Å². The summed E-state index contributed by atoms with van der Waals surface area (Å²) < 4.78 is 0. The summed E-state index contributed by atoms with van der Waals surface area (Å²) in [5.41, 5.74) is 0.145. The van der Waals surface area contributed by atoms with Crippen LogP contribution in [0, 0.1) is 5.92 Å². The molecule has 78 valence electrons. The molecule has 0 bridgehead atoms. The van der Waals surface area contributed by atoms with Crippen LogP contribution < -0.4 is 0 Å². The summed E-state index contributed by atoms with van der Waals surface area (Å²) in [6, 6.07) is 0. The van der Waals surface area contributed by atoms with Gasteiger partial charge in [-0.2, -0.15) is 0 Å². The molecule has 2 atom stereocenters. The van der Waals surface area contributed by atoms with Crippen molar-refractivity contribution in [2.45, 2.75) is 12.3 Å². The highest BCUT2D eigenvalue weighted by Gasteiger charge is 2.49. The van der Waals surface area contributed by atoms with Crippen molar-refractivity contribution in [3.63, 3.8) is 0 Å². The largest absolute Gasteiger partial charge is 0.477 e. The van der Waals surface area contributed by atoms with Gasteiger partial charge in [-0.05, 0) is 6.08 Å². The van der Waals surface area contributed by atoms with Crippen LogP contribution in [0.25, 0.3) is 0 Å². The molecule has 2 heterocycles. The van der Waals surface area contributed by atoms with Crippen LogP contribution in [0.2, 0.25) is 0 Å². The molecular formula is C8H10ClNO3S. The number of hydrogen-bond acceptors (Lipinski definition) is 3. The van der Waals surface area contributed by atoms with Crippen molar-refractivity contribution < 1.29 is 14.7 Å². The average Bonchev–Trinajstić information content (AvgIpc) is 2.15. The van der Waals surface area contributed by atoms with Crippen molar-refractivity contribution in [3.8, 4) is 0 Å². The number of hydrogen-bond donors (Lipinski definition) is 1. The fourth-order valence-electron chi connectivity index (χ4n) is 1.60. The lowest BCUT2D eigenvalue weighted by Gasteiger charge is -2.47. The minimum absolute atomic E-state index is 0. The summed E-state index contributed by atoms with van der Waals surface area (Å²) in [4.78, 5) is 23.4. The topological polar surface area (TPSA) is 57.6 Å². The zero-order chi connectivity index (χ0) is 9.59. The predicted molar refractivity (Wildman–Crippen MR) is 55.2 cm³/mol. The van der Waals surface area contributed by atoms with Gasteiger partial charge in [0.25, 0.3) is 0 Å².